The average molecular weight is 389 g/mol. The molecule has 1 saturated heterocycles. The number of phenolic OH excluding ortho intramolecular Hbond substituents is 2. The van der Waals surface area contributed by atoms with Crippen molar-refractivity contribution in [3.05, 3.63) is 53.8 Å². The van der Waals surface area contributed by atoms with Crippen LogP contribution in [0, 0.1) is 17.7 Å². The third-order valence-corrected chi connectivity index (χ3v) is 5.68. The molecule has 5 nitrogen and oxygen atoms in total. The molecule has 1 saturated carbocycles. The number of halogens is 1. The summed E-state index contributed by atoms with van der Waals surface area (Å²) in [6, 6.07) is 11.0. The summed E-state index contributed by atoms with van der Waals surface area (Å²) in [5, 5.41) is 28.3. The van der Waals surface area contributed by atoms with Crippen molar-refractivity contribution in [3.63, 3.8) is 0 Å². The lowest BCUT2D eigenvalue weighted by Crippen LogP contribution is -2.27. The van der Waals surface area contributed by atoms with Crippen LogP contribution < -0.4 is 4.74 Å². The summed E-state index contributed by atoms with van der Waals surface area (Å²) in [6.45, 7) is 3.03. The maximum absolute atomic E-state index is 12.4. The number of hydrogen-bond donors (Lipinski definition) is 3. The normalized spacial score (nSPS) is 22.2. The fourth-order valence-corrected chi connectivity index (χ4v) is 4.19. The van der Waals surface area contributed by atoms with Crippen molar-refractivity contribution >= 4 is 0 Å². The number of β-amino-alcohol motifs (C(OH)–C–C–N with tert-alkyl or cyclic N) is 1. The van der Waals surface area contributed by atoms with E-state index in [-0.39, 0.29) is 11.5 Å². The van der Waals surface area contributed by atoms with Crippen molar-refractivity contribution in [2.24, 2.45) is 11.8 Å². The number of benzene rings is 2. The molecule has 4 rings (SSSR count). The molecule has 152 valence electrons. The number of fused-ring (bicyclic) bond motifs is 1. The second-order valence-corrected chi connectivity index (χ2v) is 7.57. The smallest absolute Gasteiger partial charge is 0.194 e. The molecule has 28 heavy (non-hydrogen) atoms. The highest BCUT2D eigenvalue weighted by Gasteiger charge is 2.36. The SMILES string of the molecule is COc1cccc(F)c1O.Oc1ccc(C(O)CN2C[C@H]3CCC[C@H]3C2)cc1. The molecule has 2 aromatic carbocycles. The van der Waals surface area contributed by atoms with Crippen LogP contribution in [0.1, 0.15) is 30.9 Å². The predicted molar refractivity (Wildman–Crippen MR) is 105 cm³/mol. The van der Waals surface area contributed by atoms with Gasteiger partial charge in [0.05, 0.1) is 13.2 Å². The third-order valence-electron chi connectivity index (χ3n) is 5.68. The molecule has 3 atom stereocenters. The zero-order chi connectivity index (χ0) is 20.1. The number of para-hydroxylation sites is 1. The van der Waals surface area contributed by atoms with E-state index in [1.807, 2.05) is 0 Å². The Balaban J connectivity index is 0.000000192. The van der Waals surface area contributed by atoms with Gasteiger partial charge >= 0.3 is 0 Å². The molecule has 0 amide bonds. The van der Waals surface area contributed by atoms with Crippen molar-refractivity contribution in [1.29, 1.82) is 0 Å². The number of aliphatic hydroxyl groups is 1. The summed E-state index contributed by atoms with van der Waals surface area (Å²) in [4.78, 5) is 2.39. The van der Waals surface area contributed by atoms with E-state index in [4.69, 9.17) is 5.11 Å². The Morgan fingerprint density at radius 1 is 1.07 bits per heavy atom. The maximum Gasteiger partial charge on any atom is 0.194 e. The lowest BCUT2D eigenvalue weighted by molar-refractivity contribution is 0.122. The molecule has 0 aromatic heterocycles. The second kappa shape index (κ2) is 9.26. The first-order valence-electron chi connectivity index (χ1n) is 9.68. The Bertz CT molecular complexity index is 756. The van der Waals surface area contributed by atoms with E-state index in [9.17, 15) is 14.6 Å². The van der Waals surface area contributed by atoms with Crippen LogP contribution in [0.25, 0.3) is 0 Å². The van der Waals surface area contributed by atoms with Crippen molar-refractivity contribution in [3.8, 4) is 17.2 Å². The lowest BCUT2D eigenvalue weighted by atomic mass is 10.0. The number of nitrogens with zero attached hydrogens (tertiary/aromatic N) is 1. The Kier molecular flexibility index (Phi) is 6.75. The molecule has 2 aliphatic rings. The first-order valence-corrected chi connectivity index (χ1v) is 9.68. The number of methoxy groups -OCH3 is 1. The Labute approximate surface area is 165 Å². The number of ether oxygens (including phenoxy) is 1. The Morgan fingerprint density at radius 3 is 2.29 bits per heavy atom. The van der Waals surface area contributed by atoms with Gasteiger partial charge in [-0.15, -0.1) is 0 Å². The minimum Gasteiger partial charge on any atom is -0.508 e. The van der Waals surface area contributed by atoms with Gasteiger partial charge in [-0.05, 0) is 54.5 Å². The van der Waals surface area contributed by atoms with Crippen molar-refractivity contribution in [2.45, 2.75) is 25.4 Å². The minimum atomic E-state index is -0.667. The highest BCUT2D eigenvalue weighted by molar-refractivity contribution is 5.39. The van der Waals surface area contributed by atoms with Crippen LogP contribution in [-0.2, 0) is 0 Å². The molecular weight excluding hydrogens is 361 g/mol. The van der Waals surface area contributed by atoms with Crippen LogP contribution in [0.5, 0.6) is 17.2 Å². The summed E-state index contributed by atoms with van der Waals surface area (Å²) in [5.41, 5.74) is 0.893. The van der Waals surface area contributed by atoms with Crippen molar-refractivity contribution in [1.82, 2.24) is 4.90 Å². The van der Waals surface area contributed by atoms with Gasteiger partial charge in [-0.25, -0.2) is 4.39 Å². The van der Waals surface area contributed by atoms with Gasteiger partial charge in [0.1, 0.15) is 5.75 Å². The monoisotopic (exact) mass is 389 g/mol. The van der Waals surface area contributed by atoms with Crippen LogP contribution in [-0.4, -0.2) is 47.0 Å². The van der Waals surface area contributed by atoms with Gasteiger partial charge in [0.2, 0.25) is 0 Å². The summed E-state index contributed by atoms with van der Waals surface area (Å²) in [7, 11) is 1.37. The lowest BCUT2D eigenvalue weighted by Gasteiger charge is -2.21. The molecule has 0 spiro atoms. The fourth-order valence-electron chi connectivity index (χ4n) is 4.19. The number of hydrogen-bond acceptors (Lipinski definition) is 5. The van der Waals surface area contributed by atoms with Gasteiger partial charge in [-0.1, -0.05) is 24.6 Å². The van der Waals surface area contributed by atoms with E-state index in [1.165, 1.54) is 38.5 Å². The summed E-state index contributed by atoms with van der Waals surface area (Å²) < 4.78 is 17.1. The molecule has 0 radical (unpaired) electrons. The molecule has 2 fully saturated rings. The van der Waals surface area contributed by atoms with Crippen molar-refractivity contribution < 1.29 is 24.4 Å². The van der Waals surface area contributed by atoms with Crippen LogP contribution >= 0.6 is 0 Å². The van der Waals surface area contributed by atoms with Crippen LogP contribution in [0.15, 0.2) is 42.5 Å². The summed E-state index contributed by atoms with van der Waals surface area (Å²) in [6.07, 6.45) is 3.70. The maximum atomic E-state index is 12.4. The zero-order valence-corrected chi connectivity index (χ0v) is 16.1. The van der Waals surface area contributed by atoms with Gasteiger partial charge < -0.3 is 20.1 Å². The highest BCUT2D eigenvalue weighted by atomic mass is 19.1. The first kappa shape index (κ1) is 20.4. The summed E-state index contributed by atoms with van der Waals surface area (Å²) in [5.74, 6) is 1.04. The topological polar surface area (TPSA) is 73.2 Å². The second-order valence-electron chi connectivity index (χ2n) is 7.57. The first-order chi connectivity index (χ1) is 13.5. The number of likely N-dealkylation sites (tertiary alicyclic amines) is 1. The molecule has 2 aromatic rings. The largest absolute Gasteiger partial charge is 0.508 e. The van der Waals surface area contributed by atoms with Gasteiger partial charge in [0, 0.05) is 19.6 Å². The van der Waals surface area contributed by atoms with Gasteiger partial charge in [-0.3, -0.25) is 4.90 Å². The van der Waals surface area contributed by atoms with E-state index < -0.39 is 17.7 Å². The van der Waals surface area contributed by atoms with Gasteiger partial charge in [0.25, 0.3) is 0 Å². The molecule has 1 aliphatic carbocycles. The van der Waals surface area contributed by atoms with E-state index >= 15 is 0 Å². The van der Waals surface area contributed by atoms with E-state index in [1.54, 1.807) is 24.3 Å². The summed E-state index contributed by atoms with van der Waals surface area (Å²) >= 11 is 0. The zero-order valence-electron chi connectivity index (χ0n) is 16.1. The molecule has 6 heteroatoms. The standard InChI is InChI=1S/C15H21NO2.C7H7FO2/c17-14-6-4-11(5-7-14)15(18)10-16-8-12-2-1-3-13(12)9-16;1-10-6-4-2-3-5(8)7(6)9/h4-7,12-13,15,17-18H,1-3,8-10H2;2-4,9H,1H3/t12-,13+,15?;. The Morgan fingerprint density at radius 2 is 1.71 bits per heavy atom. The van der Waals surface area contributed by atoms with Gasteiger partial charge in [-0.2, -0.15) is 0 Å². The predicted octanol–water partition coefficient (Wildman–Crippen LogP) is 3.70. The van der Waals surface area contributed by atoms with E-state index in [0.717, 1.165) is 43.1 Å². The average Bonchev–Trinajstić information content (AvgIpc) is 3.26. The number of phenols is 2. The fraction of sp³-hybridized carbons (Fsp3) is 0.455. The molecule has 1 aliphatic heterocycles. The molecule has 1 unspecified atom stereocenters. The van der Waals surface area contributed by atoms with Crippen LogP contribution in [0.4, 0.5) is 4.39 Å². The molecule has 0 bridgehead atoms. The van der Waals surface area contributed by atoms with Crippen LogP contribution in [0.2, 0.25) is 0 Å². The van der Waals surface area contributed by atoms with Gasteiger partial charge in [0.15, 0.2) is 17.3 Å². The molecular formula is C22H28FNO4. The number of aliphatic hydroxyl groups excluding tert-OH is 1. The quantitative estimate of drug-likeness (QED) is 0.744. The minimum absolute atomic E-state index is 0.153. The van der Waals surface area contributed by atoms with Crippen molar-refractivity contribution in [2.75, 3.05) is 26.7 Å². The van der Waals surface area contributed by atoms with Crippen LogP contribution in [0.3, 0.4) is 0 Å². The van der Waals surface area contributed by atoms with E-state index in [0.29, 0.717) is 0 Å². The Hall–Kier alpha value is -2.31. The molecule has 1 heterocycles. The number of rotatable bonds is 4. The van der Waals surface area contributed by atoms with E-state index in [2.05, 4.69) is 9.64 Å². The highest BCUT2D eigenvalue weighted by Crippen LogP contribution is 2.38. The third kappa shape index (κ3) is 4.94. The number of aromatic hydroxyl groups is 2. The molecule has 3 N–H and O–H groups in total.